The lowest BCUT2D eigenvalue weighted by Gasteiger charge is -2.26. The van der Waals surface area contributed by atoms with Gasteiger partial charge >= 0.3 is 0 Å². The van der Waals surface area contributed by atoms with Crippen LogP contribution in [0.2, 0.25) is 0 Å². The lowest BCUT2D eigenvalue weighted by Crippen LogP contribution is -2.39. The summed E-state index contributed by atoms with van der Waals surface area (Å²) < 4.78 is 0. The van der Waals surface area contributed by atoms with Crippen LogP contribution in [-0.2, 0) is 10.2 Å². The largest absolute Gasteiger partial charge is 0.355 e. The molecule has 1 amide bonds. The second kappa shape index (κ2) is 6.15. The number of carbonyl (C=O) groups excluding carboxylic acids is 1. The zero-order valence-corrected chi connectivity index (χ0v) is 12.4. The molecule has 0 aliphatic heterocycles. The molecule has 1 aromatic rings. The van der Waals surface area contributed by atoms with Gasteiger partial charge in [-0.3, -0.25) is 9.78 Å². The van der Waals surface area contributed by atoms with Gasteiger partial charge in [0.2, 0.25) is 5.91 Å². The zero-order valence-electron chi connectivity index (χ0n) is 12.4. The molecule has 4 nitrogen and oxygen atoms in total. The van der Waals surface area contributed by atoms with E-state index in [2.05, 4.69) is 24.1 Å². The molecule has 0 spiro atoms. The molecule has 1 aromatic heterocycles. The molecular weight excluding hydrogens is 238 g/mol. The van der Waals surface area contributed by atoms with Crippen LogP contribution in [0.3, 0.4) is 0 Å². The van der Waals surface area contributed by atoms with Crippen molar-refractivity contribution in [2.24, 2.45) is 11.1 Å². The van der Waals surface area contributed by atoms with Crippen molar-refractivity contribution in [2.45, 2.75) is 39.5 Å². The second-order valence-corrected chi connectivity index (χ2v) is 6.42. The van der Waals surface area contributed by atoms with Crippen molar-refractivity contribution in [3.8, 4) is 0 Å². The summed E-state index contributed by atoms with van der Waals surface area (Å²) in [6, 6.07) is 5.83. The standard InChI is InChI=1S/C15H25N3O/c1-14(2,10-16)9-13(19)18-11-15(3,4)12-7-5-6-8-17-12/h5-8H,9-11,16H2,1-4H3,(H,18,19). The first-order chi connectivity index (χ1) is 8.77. The average molecular weight is 263 g/mol. The summed E-state index contributed by atoms with van der Waals surface area (Å²) in [5, 5.41) is 2.98. The van der Waals surface area contributed by atoms with Gasteiger partial charge in [-0.2, -0.15) is 0 Å². The maximum atomic E-state index is 11.9. The SMILES string of the molecule is CC(C)(CN)CC(=O)NCC(C)(C)c1ccccn1. The summed E-state index contributed by atoms with van der Waals surface area (Å²) in [5.74, 6) is 0.0412. The van der Waals surface area contributed by atoms with E-state index in [0.717, 1.165) is 5.69 Å². The molecule has 0 aliphatic carbocycles. The number of nitrogens with two attached hydrogens (primary N) is 1. The van der Waals surface area contributed by atoms with Crippen LogP contribution in [0.1, 0.15) is 39.8 Å². The molecule has 0 aliphatic rings. The molecule has 0 saturated heterocycles. The molecule has 0 atom stereocenters. The fraction of sp³-hybridized carbons (Fsp3) is 0.600. The Morgan fingerprint density at radius 2 is 2.00 bits per heavy atom. The zero-order chi connectivity index (χ0) is 14.5. The summed E-state index contributed by atoms with van der Waals surface area (Å²) in [4.78, 5) is 16.3. The molecule has 0 fully saturated rings. The monoisotopic (exact) mass is 263 g/mol. The number of nitrogens with one attached hydrogen (secondary N) is 1. The molecule has 3 N–H and O–H groups in total. The predicted molar refractivity (Wildman–Crippen MR) is 77.7 cm³/mol. The fourth-order valence-corrected chi connectivity index (χ4v) is 1.74. The van der Waals surface area contributed by atoms with E-state index in [9.17, 15) is 4.79 Å². The van der Waals surface area contributed by atoms with E-state index in [4.69, 9.17) is 5.73 Å². The Kier molecular flexibility index (Phi) is 5.06. The molecule has 0 aromatic carbocycles. The molecule has 1 heterocycles. The topological polar surface area (TPSA) is 68.0 Å². The van der Waals surface area contributed by atoms with E-state index >= 15 is 0 Å². The minimum atomic E-state index is -0.177. The Labute approximate surface area is 115 Å². The van der Waals surface area contributed by atoms with Crippen molar-refractivity contribution in [3.63, 3.8) is 0 Å². The number of nitrogens with zero attached hydrogens (tertiary/aromatic N) is 1. The van der Waals surface area contributed by atoms with Crippen LogP contribution in [0.5, 0.6) is 0 Å². The Morgan fingerprint density at radius 1 is 1.32 bits per heavy atom. The average Bonchev–Trinajstić information content (AvgIpc) is 2.37. The van der Waals surface area contributed by atoms with Gasteiger partial charge in [0.05, 0.1) is 0 Å². The normalized spacial score (nSPS) is 12.3. The number of aromatic nitrogens is 1. The van der Waals surface area contributed by atoms with Gasteiger partial charge in [-0.15, -0.1) is 0 Å². The van der Waals surface area contributed by atoms with Crippen molar-refractivity contribution in [3.05, 3.63) is 30.1 Å². The summed E-state index contributed by atoms with van der Waals surface area (Å²) in [7, 11) is 0. The van der Waals surface area contributed by atoms with E-state index in [0.29, 0.717) is 19.5 Å². The first-order valence-electron chi connectivity index (χ1n) is 6.65. The van der Waals surface area contributed by atoms with Crippen LogP contribution >= 0.6 is 0 Å². The molecule has 0 bridgehead atoms. The molecule has 19 heavy (non-hydrogen) atoms. The summed E-state index contributed by atoms with van der Waals surface area (Å²) in [6.45, 7) is 9.22. The van der Waals surface area contributed by atoms with Gasteiger partial charge < -0.3 is 11.1 Å². The number of amides is 1. The molecular formula is C15H25N3O. The highest BCUT2D eigenvalue weighted by Gasteiger charge is 2.25. The van der Waals surface area contributed by atoms with Crippen LogP contribution in [0, 0.1) is 5.41 Å². The second-order valence-electron chi connectivity index (χ2n) is 6.42. The van der Waals surface area contributed by atoms with E-state index < -0.39 is 0 Å². The van der Waals surface area contributed by atoms with Gasteiger partial charge in [0.15, 0.2) is 0 Å². The van der Waals surface area contributed by atoms with Crippen molar-refractivity contribution < 1.29 is 4.79 Å². The van der Waals surface area contributed by atoms with Crippen molar-refractivity contribution in [1.29, 1.82) is 0 Å². The van der Waals surface area contributed by atoms with Gasteiger partial charge in [0.1, 0.15) is 0 Å². The molecule has 106 valence electrons. The Hall–Kier alpha value is -1.42. The van der Waals surface area contributed by atoms with Crippen molar-refractivity contribution >= 4 is 5.91 Å². The lowest BCUT2D eigenvalue weighted by atomic mass is 9.87. The Morgan fingerprint density at radius 3 is 2.53 bits per heavy atom. The lowest BCUT2D eigenvalue weighted by molar-refractivity contribution is -0.123. The fourth-order valence-electron chi connectivity index (χ4n) is 1.74. The predicted octanol–water partition coefficient (Wildman–Crippen LogP) is 1.85. The van der Waals surface area contributed by atoms with E-state index in [1.807, 2.05) is 32.0 Å². The van der Waals surface area contributed by atoms with Gasteiger partial charge in [0.25, 0.3) is 0 Å². The summed E-state index contributed by atoms with van der Waals surface area (Å²) >= 11 is 0. The van der Waals surface area contributed by atoms with Crippen LogP contribution in [0.25, 0.3) is 0 Å². The molecule has 0 saturated carbocycles. The Bertz CT molecular complexity index is 413. The third kappa shape index (κ3) is 4.99. The molecule has 4 heteroatoms. The minimum absolute atomic E-state index is 0.0412. The summed E-state index contributed by atoms with van der Waals surface area (Å²) in [5.41, 5.74) is 6.29. The third-order valence-corrected chi connectivity index (χ3v) is 3.28. The first-order valence-corrected chi connectivity index (χ1v) is 6.65. The van der Waals surface area contributed by atoms with Crippen LogP contribution in [-0.4, -0.2) is 24.0 Å². The van der Waals surface area contributed by atoms with Crippen molar-refractivity contribution in [1.82, 2.24) is 10.3 Å². The number of pyridine rings is 1. The highest BCUT2D eigenvalue weighted by atomic mass is 16.1. The summed E-state index contributed by atoms with van der Waals surface area (Å²) in [6.07, 6.45) is 2.22. The maximum absolute atomic E-state index is 11.9. The molecule has 1 rings (SSSR count). The molecule has 0 radical (unpaired) electrons. The third-order valence-electron chi connectivity index (χ3n) is 3.28. The number of hydrogen-bond acceptors (Lipinski definition) is 3. The van der Waals surface area contributed by atoms with Gasteiger partial charge in [-0.1, -0.05) is 33.8 Å². The number of carbonyl (C=O) groups is 1. The van der Waals surface area contributed by atoms with Crippen LogP contribution in [0.4, 0.5) is 0 Å². The minimum Gasteiger partial charge on any atom is -0.355 e. The van der Waals surface area contributed by atoms with Crippen molar-refractivity contribution in [2.75, 3.05) is 13.1 Å². The van der Waals surface area contributed by atoms with E-state index in [1.54, 1.807) is 6.20 Å². The Balaban J connectivity index is 2.55. The van der Waals surface area contributed by atoms with Gasteiger partial charge in [0, 0.05) is 30.3 Å². The van der Waals surface area contributed by atoms with Crippen LogP contribution in [0.15, 0.2) is 24.4 Å². The number of rotatable bonds is 6. The quantitative estimate of drug-likeness (QED) is 0.823. The van der Waals surface area contributed by atoms with E-state index in [1.165, 1.54) is 0 Å². The smallest absolute Gasteiger partial charge is 0.220 e. The maximum Gasteiger partial charge on any atom is 0.220 e. The highest BCUT2D eigenvalue weighted by Crippen LogP contribution is 2.21. The number of hydrogen-bond donors (Lipinski definition) is 2. The van der Waals surface area contributed by atoms with Crippen LogP contribution < -0.4 is 11.1 Å². The molecule has 0 unspecified atom stereocenters. The van der Waals surface area contributed by atoms with E-state index in [-0.39, 0.29) is 16.7 Å². The highest BCUT2D eigenvalue weighted by molar-refractivity contribution is 5.76. The van der Waals surface area contributed by atoms with Gasteiger partial charge in [-0.25, -0.2) is 0 Å². The van der Waals surface area contributed by atoms with Gasteiger partial charge in [-0.05, 0) is 24.1 Å². The first kappa shape index (κ1) is 15.6.